The number of nitrogen functional groups attached to an aromatic ring is 1. The van der Waals surface area contributed by atoms with Crippen LogP contribution in [0.15, 0.2) is 12.7 Å². The minimum absolute atomic E-state index is 0. The number of unbranched alkanes of at least 4 members (excludes halogenated alkanes) is 10. The molecule has 10 N–H and O–H groups in total. The summed E-state index contributed by atoms with van der Waals surface area (Å²) in [7, 11) is -16.4. The van der Waals surface area contributed by atoms with Crippen molar-refractivity contribution in [3.63, 3.8) is 0 Å². The fourth-order valence-electron chi connectivity index (χ4n) is 6.30. The topological polar surface area (TPSA) is 364 Å². The molecule has 2 unspecified atom stereocenters. The Morgan fingerprint density at radius 3 is 2.14 bits per heavy atom. The van der Waals surface area contributed by atoms with E-state index in [1.165, 1.54) is 65.2 Å². The van der Waals surface area contributed by atoms with E-state index in [0.717, 1.165) is 48.2 Å². The minimum atomic E-state index is -5.57. The Kier molecular flexibility index (Phi) is 24.7. The van der Waals surface area contributed by atoms with Crippen LogP contribution in [0.4, 0.5) is 5.82 Å². The molecule has 1 aliphatic rings. The number of carbonyl (C=O) groups excluding carboxylic acids is 3. The van der Waals surface area contributed by atoms with Gasteiger partial charge in [-0.25, -0.2) is 28.6 Å². The SMILES string of the molecule is C.CCCCCCCCCCCCCC(=O)SCCNC(=O)CCNC(=O)[C@H](O)C(C)(C)COP(=O)(O)OP(=O)(O)OC[C@H]1O[C@@H](n2cnc3c(N)ncnc32)[C@H](O)[C@@H]1OP(=O)(O)O. The first-order valence-corrected chi connectivity index (χ1v) is 26.1. The van der Waals surface area contributed by atoms with Crippen LogP contribution in [0.2, 0.25) is 0 Å². The highest BCUT2D eigenvalue weighted by Gasteiger charge is 2.50. The van der Waals surface area contributed by atoms with Crippen molar-refractivity contribution in [2.45, 2.75) is 142 Å². The number of imidazole rings is 1. The van der Waals surface area contributed by atoms with E-state index in [9.17, 15) is 57.9 Å². The average molecular weight is 994 g/mol. The maximum atomic E-state index is 12.7. The van der Waals surface area contributed by atoms with E-state index in [4.69, 9.17) is 19.5 Å². The van der Waals surface area contributed by atoms with Gasteiger partial charge in [-0.2, -0.15) is 4.31 Å². The number of phosphoric ester groups is 3. The van der Waals surface area contributed by atoms with Crippen molar-refractivity contribution < 1.29 is 80.5 Å². The van der Waals surface area contributed by atoms with Crippen molar-refractivity contribution in [3.05, 3.63) is 12.7 Å². The van der Waals surface area contributed by atoms with Gasteiger partial charge < -0.3 is 50.9 Å². The van der Waals surface area contributed by atoms with E-state index < -0.39 is 84.6 Å². The van der Waals surface area contributed by atoms with Gasteiger partial charge in [-0.1, -0.05) is 104 Å². The average Bonchev–Trinajstić information content (AvgIpc) is 3.76. The number of aliphatic hydroxyl groups is 2. The molecule has 2 amide bonds. The van der Waals surface area contributed by atoms with Gasteiger partial charge in [0.05, 0.1) is 19.5 Å². The number of carbonyl (C=O) groups is 3. The van der Waals surface area contributed by atoms with Gasteiger partial charge in [-0.05, 0) is 6.42 Å². The number of nitrogens with zero attached hydrogens (tertiary/aromatic N) is 4. The van der Waals surface area contributed by atoms with Crippen molar-refractivity contribution in [2.24, 2.45) is 5.41 Å². The number of anilines is 1. The van der Waals surface area contributed by atoms with Crippen molar-refractivity contribution in [1.29, 1.82) is 0 Å². The van der Waals surface area contributed by atoms with Crippen LogP contribution >= 0.6 is 35.2 Å². The van der Waals surface area contributed by atoms with Crippen LogP contribution in [0.5, 0.6) is 0 Å². The number of phosphoric acid groups is 3. The number of nitrogens with one attached hydrogen (secondary N) is 2. The molecule has 1 saturated heterocycles. The van der Waals surface area contributed by atoms with Gasteiger partial charge in [0.2, 0.25) is 11.8 Å². The van der Waals surface area contributed by atoms with E-state index in [-0.39, 0.29) is 49.0 Å². The van der Waals surface area contributed by atoms with E-state index in [1.807, 2.05) is 0 Å². The Balaban J connectivity index is 0.0000141. The molecule has 368 valence electrons. The largest absolute Gasteiger partial charge is 0.481 e. The summed E-state index contributed by atoms with van der Waals surface area (Å²) >= 11 is 1.15. The fourth-order valence-corrected chi connectivity index (χ4v) is 9.85. The van der Waals surface area contributed by atoms with Crippen LogP contribution < -0.4 is 16.4 Å². The van der Waals surface area contributed by atoms with Gasteiger partial charge in [0.15, 0.2) is 22.8 Å². The number of amides is 2. The Hall–Kier alpha value is -2.44. The first-order chi connectivity index (χ1) is 29.6. The maximum Gasteiger partial charge on any atom is 0.481 e. The summed E-state index contributed by atoms with van der Waals surface area (Å²) < 4.78 is 62.3. The lowest BCUT2D eigenvalue weighted by Crippen LogP contribution is -2.46. The highest BCUT2D eigenvalue weighted by molar-refractivity contribution is 8.13. The summed E-state index contributed by atoms with van der Waals surface area (Å²) in [6, 6.07) is 0. The summed E-state index contributed by atoms with van der Waals surface area (Å²) in [6.45, 7) is 2.79. The van der Waals surface area contributed by atoms with E-state index in [1.54, 1.807) is 0 Å². The lowest BCUT2D eigenvalue weighted by Gasteiger charge is -2.30. The van der Waals surface area contributed by atoms with Gasteiger partial charge in [0.1, 0.15) is 36.3 Å². The molecule has 0 bridgehead atoms. The summed E-state index contributed by atoms with van der Waals surface area (Å²) in [6.07, 6.45) is 6.75. The number of nitrogens with two attached hydrogens (primary N) is 1. The molecular formula is C36H66N7O17P3S. The van der Waals surface area contributed by atoms with Crippen LogP contribution in [0.1, 0.15) is 118 Å². The molecule has 0 radical (unpaired) electrons. The summed E-state index contributed by atoms with van der Waals surface area (Å²) in [5.41, 5.74) is 4.29. The highest BCUT2D eigenvalue weighted by Crippen LogP contribution is 2.61. The zero-order chi connectivity index (χ0) is 46.8. The first kappa shape index (κ1) is 57.7. The molecular weight excluding hydrogens is 927 g/mol. The predicted molar refractivity (Wildman–Crippen MR) is 235 cm³/mol. The molecule has 3 heterocycles. The number of aromatic nitrogens is 4. The van der Waals surface area contributed by atoms with Gasteiger partial charge in [0.25, 0.3) is 0 Å². The van der Waals surface area contributed by atoms with Crippen LogP contribution in [0.25, 0.3) is 11.2 Å². The second-order valence-electron chi connectivity index (χ2n) is 15.6. The molecule has 0 aromatic carbocycles. The lowest BCUT2D eigenvalue weighted by atomic mass is 9.87. The Bertz CT molecular complexity index is 1930. The molecule has 0 aliphatic carbocycles. The molecule has 7 atom stereocenters. The van der Waals surface area contributed by atoms with Crippen molar-refractivity contribution in [3.8, 4) is 0 Å². The third kappa shape index (κ3) is 20.2. The number of fused-ring (bicyclic) bond motifs is 1. The van der Waals surface area contributed by atoms with E-state index in [2.05, 4.69) is 41.3 Å². The van der Waals surface area contributed by atoms with Crippen LogP contribution in [0, 0.1) is 5.41 Å². The van der Waals surface area contributed by atoms with Crippen molar-refractivity contribution in [2.75, 3.05) is 37.8 Å². The number of hydrogen-bond acceptors (Lipinski definition) is 18. The number of aliphatic hydroxyl groups excluding tert-OH is 2. The number of rotatable bonds is 31. The number of hydrogen-bond donors (Lipinski definition) is 9. The fraction of sp³-hybridized carbons (Fsp3) is 0.778. The standard InChI is InChI=1S/C35H62N7O17P3S.CH4/c1-4-5-6-7-8-9-10-11-12-13-14-15-26(44)63-19-18-37-25(43)16-17-38-33(47)30(46)35(2,3)21-56-62(53,54)59-61(51,52)55-20-24-29(58-60(48,49)50)28(45)34(57-24)42-23-41-27-31(36)39-22-40-32(27)42;/h22-24,28-30,34,45-46H,4-21H2,1-3H3,(H,37,43)(H,38,47)(H,51,52)(H,53,54)(H2,36,39,40)(H2,48,49,50);1H4/t24-,28-,29-,30+,34-;/m1./s1. The summed E-state index contributed by atoms with van der Waals surface area (Å²) in [5, 5.41) is 26.6. The van der Waals surface area contributed by atoms with Crippen LogP contribution in [-0.4, -0.2) is 123 Å². The molecule has 2 aromatic heterocycles. The molecule has 0 saturated carbocycles. The number of ether oxygens (including phenoxy) is 1. The smallest absolute Gasteiger partial charge is 0.386 e. The lowest BCUT2D eigenvalue weighted by molar-refractivity contribution is -0.137. The highest BCUT2D eigenvalue weighted by atomic mass is 32.2. The maximum absolute atomic E-state index is 12.7. The van der Waals surface area contributed by atoms with Gasteiger partial charge in [-0.3, -0.25) is 32.5 Å². The predicted octanol–water partition coefficient (Wildman–Crippen LogP) is 4.00. The molecule has 2 aromatic rings. The Morgan fingerprint density at radius 2 is 1.52 bits per heavy atom. The summed E-state index contributed by atoms with van der Waals surface area (Å²) in [5.74, 6) is -1.02. The minimum Gasteiger partial charge on any atom is -0.386 e. The second-order valence-corrected chi connectivity index (χ2v) is 21.0. The molecule has 0 spiro atoms. The Labute approximate surface area is 377 Å². The first-order valence-electron chi connectivity index (χ1n) is 20.6. The van der Waals surface area contributed by atoms with Crippen LogP contribution in [0.3, 0.4) is 0 Å². The normalized spacial score (nSPS) is 20.3. The van der Waals surface area contributed by atoms with Crippen LogP contribution in [-0.2, 0) is 50.7 Å². The van der Waals surface area contributed by atoms with Gasteiger partial charge >= 0.3 is 23.5 Å². The number of thioether (sulfide) groups is 1. The third-order valence-corrected chi connectivity index (χ3v) is 13.8. The molecule has 24 nitrogen and oxygen atoms in total. The van der Waals surface area contributed by atoms with Crippen molar-refractivity contribution in [1.82, 2.24) is 30.2 Å². The Morgan fingerprint density at radius 1 is 0.906 bits per heavy atom. The zero-order valence-corrected chi connectivity index (χ0v) is 39.1. The molecule has 28 heteroatoms. The quantitative estimate of drug-likeness (QED) is 0.0381. The second kappa shape index (κ2) is 27.4. The summed E-state index contributed by atoms with van der Waals surface area (Å²) in [4.78, 5) is 88.2. The van der Waals surface area contributed by atoms with Gasteiger partial charge in [-0.15, -0.1) is 0 Å². The molecule has 3 rings (SSSR count). The molecule has 1 aliphatic heterocycles. The third-order valence-electron chi connectivity index (χ3n) is 9.75. The molecule has 64 heavy (non-hydrogen) atoms. The monoisotopic (exact) mass is 993 g/mol. The van der Waals surface area contributed by atoms with E-state index >= 15 is 0 Å². The van der Waals surface area contributed by atoms with Crippen molar-refractivity contribution >= 4 is 69.1 Å². The van der Waals surface area contributed by atoms with E-state index in [0.29, 0.717) is 12.2 Å². The van der Waals surface area contributed by atoms with Gasteiger partial charge in [0, 0.05) is 37.1 Å². The molecule has 1 fully saturated rings. The zero-order valence-electron chi connectivity index (χ0n) is 35.6.